The van der Waals surface area contributed by atoms with Gasteiger partial charge in [0.2, 0.25) is 5.91 Å². The van der Waals surface area contributed by atoms with Crippen LogP contribution in [-0.2, 0) is 11.2 Å². The van der Waals surface area contributed by atoms with E-state index < -0.39 is 0 Å². The summed E-state index contributed by atoms with van der Waals surface area (Å²) in [6.07, 6.45) is 3.77. The number of nitrogens with zero attached hydrogens (tertiary/aromatic N) is 1. The van der Waals surface area contributed by atoms with Crippen LogP contribution in [0.2, 0.25) is 5.02 Å². The first-order valence-corrected chi connectivity index (χ1v) is 9.68. The number of carbonyl (C=O) groups excluding carboxylic acids is 2. The van der Waals surface area contributed by atoms with Gasteiger partial charge in [0.05, 0.1) is 11.2 Å². The van der Waals surface area contributed by atoms with Crippen LogP contribution in [0.25, 0.3) is 11.3 Å². The minimum Gasteiger partial charge on any atom is -0.441 e. The van der Waals surface area contributed by atoms with Gasteiger partial charge in [-0.1, -0.05) is 29.8 Å². The van der Waals surface area contributed by atoms with E-state index in [9.17, 15) is 9.59 Å². The van der Waals surface area contributed by atoms with Gasteiger partial charge in [-0.2, -0.15) is 0 Å². The zero-order valence-electron chi connectivity index (χ0n) is 16.2. The van der Waals surface area contributed by atoms with E-state index in [0.717, 1.165) is 5.56 Å². The summed E-state index contributed by atoms with van der Waals surface area (Å²) in [4.78, 5) is 28.0. The molecule has 8 heteroatoms. The van der Waals surface area contributed by atoms with Crippen LogP contribution in [0.15, 0.2) is 71.8 Å². The first-order chi connectivity index (χ1) is 14.5. The molecule has 3 rings (SSSR count). The second-order valence-corrected chi connectivity index (χ2v) is 6.75. The molecule has 7 nitrogen and oxygen atoms in total. The molecule has 0 saturated carbocycles. The first kappa shape index (κ1) is 21.1. The number of benzene rings is 2. The minimum absolute atomic E-state index is 0.170. The molecule has 0 aliphatic heterocycles. The number of carbonyl (C=O) groups is 2. The van der Waals surface area contributed by atoms with Gasteiger partial charge in [0.25, 0.3) is 0 Å². The Bertz CT molecular complexity index is 1030. The van der Waals surface area contributed by atoms with Gasteiger partial charge in [0, 0.05) is 36.3 Å². The molecule has 0 radical (unpaired) electrons. The van der Waals surface area contributed by atoms with Gasteiger partial charge < -0.3 is 20.4 Å². The number of urea groups is 1. The van der Waals surface area contributed by atoms with Crippen LogP contribution in [0.3, 0.4) is 0 Å². The molecule has 0 bridgehead atoms. The van der Waals surface area contributed by atoms with Gasteiger partial charge in [0.1, 0.15) is 0 Å². The zero-order chi connectivity index (χ0) is 21.3. The number of hydrogen-bond acceptors (Lipinski definition) is 4. The van der Waals surface area contributed by atoms with Crippen molar-refractivity contribution < 1.29 is 14.0 Å². The molecule has 0 saturated heterocycles. The molecule has 1 heterocycles. The Hall–Kier alpha value is -3.58. The predicted octanol–water partition coefficient (Wildman–Crippen LogP) is 4.87. The standard InChI is InChI=1S/C22H21ClN4O3/c1-2-13-24-22(29)27-16-9-7-15(8-10-16)26-20(28)11-12-21-25-14-19(30-21)17-5-3-4-6-18(17)23/h2-10,14H,1,11-13H2,(H,26,28)(H2,24,27,29). The molecule has 0 aliphatic rings. The maximum atomic E-state index is 12.2. The number of halogens is 1. The van der Waals surface area contributed by atoms with Crippen LogP contribution in [0.5, 0.6) is 0 Å². The van der Waals surface area contributed by atoms with Gasteiger partial charge >= 0.3 is 6.03 Å². The summed E-state index contributed by atoms with van der Waals surface area (Å²) in [6.45, 7) is 3.91. The number of aryl methyl sites for hydroxylation is 1. The third-order valence-electron chi connectivity index (χ3n) is 4.09. The molecular formula is C22H21ClN4O3. The Morgan fingerprint density at radius 1 is 1.07 bits per heavy atom. The molecule has 2 aromatic carbocycles. The lowest BCUT2D eigenvalue weighted by atomic mass is 10.2. The lowest BCUT2D eigenvalue weighted by Gasteiger charge is -2.08. The van der Waals surface area contributed by atoms with Crippen LogP contribution in [0, 0.1) is 0 Å². The molecule has 3 amide bonds. The van der Waals surface area contributed by atoms with E-state index in [1.165, 1.54) is 0 Å². The fourth-order valence-electron chi connectivity index (χ4n) is 2.63. The van der Waals surface area contributed by atoms with Crippen molar-refractivity contribution in [2.24, 2.45) is 0 Å². The first-order valence-electron chi connectivity index (χ1n) is 9.30. The summed E-state index contributed by atoms with van der Waals surface area (Å²) in [6, 6.07) is 13.8. The van der Waals surface area contributed by atoms with Crippen molar-refractivity contribution in [3.8, 4) is 11.3 Å². The molecule has 3 aromatic rings. The maximum absolute atomic E-state index is 12.2. The van der Waals surface area contributed by atoms with Crippen LogP contribution < -0.4 is 16.0 Å². The molecule has 0 spiro atoms. The van der Waals surface area contributed by atoms with E-state index in [4.69, 9.17) is 16.0 Å². The molecule has 0 aliphatic carbocycles. The van der Waals surface area contributed by atoms with Crippen LogP contribution in [0.1, 0.15) is 12.3 Å². The van der Waals surface area contributed by atoms with Crippen LogP contribution in [-0.4, -0.2) is 23.5 Å². The van der Waals surface area contributed by atoms with E-state index in [-0.39, 0.29) is 18.4 Å². The largest absolute Gasteiger partial charge is 0.441 e. The minimum atomic E-state index is -0.325. The number of aromatic nitrogens is 1. The average Bonchev–Trinajstić information content (AvgIpc) is 3.21. The number of rotatable bonds is 8. The number of hydrogen-bond donors (Lipinski definition) is 3. The highest BCUT2D eigenvalue weighted by Crippen LogP contribution is 2.28. The maximum Gasteiger partial charge on any atom is 0.319 e. The Labute approximate surface area is 179 Å². The summed E-state index contributed by atoms with van der Waals surface area (Å²) in [7, 11) is 0. The lowest BCUT2D eigenvalue weighted by molar-refractivity contribution is -0.116. The van der Waals surface area contributed by atoms with Crippen molar-refractivity contribution in [1.29, 1.82) is 0 Å². The molecule has 0 atom stereocenters. The highest BCUT2D eigenvalue weighted by Gasteiger charge is 2.11. The van der Waals surface area contributed by atoms with E-state index in [1.807, 2.05) is 18.2 Å². The van der Waals surface area contributed by atoms with Gasteiger partial charge in [0.15, 0.2) is 11.7 Å². The van der Waals surface area contributed by atoms with E-state index >= 15 is 0 Å². The van der Waals surface area contributed by atoms with E-state index in [0.29, 0.717) is 41.0 Å². The normalized spacial score (nSPS) is 10.3. The summed E-state index contributed by atoms with van der Waals surface area (Å²) in [5.41, 5.74) is 2.00. The molecule has 1 aromatic heterocycles. The monoisotopic (exact) mass is 424 g/mol. The third-order valence-corrected chi connectivity index (χ3v) is 4.42. The SMILES string of the molecule is C=CCNC(=O)Nc1ccc(NC(=O)CCc2ncc(-c3ccccc3Cl)o2)cc1. The van der Waals surface area contributed by atoms with Crippen LogP contribution in [0.4, 0.5) is 16.2 Å². The molecule has 0 unspecified atom stereocenters. The van der Waals surface area contributed by atoms with Crippen molar-refractivity contribution >= 4 is 34.9 Å². The number of oxazole rings is 1. The molecule has 0 fully saturated rings. The third kappa shape index (κ3) is 5.96. The number of anilines is 2. The summed E-state index contributed by atoms with van der Waals surface area (Å²) in [5.74, 6) is 0.860. The van der Waals surface area contributed by atoms with Gasteiger partial charge in [-0.05, 0) is 36.4 Å². The Morgan fingerprint density at radius 3 is 2.47 bits per heavy atom. The van der Waals surface area contributed by atoms with Crippen LogP contribution >= 0.6 is 11.6 Å². The molecule has 3 N–H and O–H groups in total. The molecule has 30 heavy (non-hydrogen) atoms. The van der Waals surface area contributed by atoms with Crippen molar-refractivity contribution in [2.75, 3.05) is 17.2 Å². The second-order valence-electron chi connectivity index (χ2n) is 6.35. The zero-order valence-corrected chi connectivity index (χ0v) is 16.9. The van der Waals surface area contributed by atoms with E-state index in [1.54, 1.807) is 42.6 Å². The van der Waals surface area contributed by atoms with Crippen molar-refractivity contribution in [3.63, 3.8) is 0 Å². The summed E-state index contributed by atoms with van der Waals surface area (Å²) < 4.78 is 5.70. The fourth-order valence-corrected chi connectivity index (χ4v) is 2.86. The topological polar surface area (TPSA) is 96.3 Å². The Balaban J connectivity index is 1.49. The summed E-state index contributed by atoms with van der Waals surface area (Å²) >= 11 is 6.16. The van der Waals surface area contributed by atoms with Crippen molar-refractivity contribution in [1.82, 2.24) is 10.3 Å². The molecule has 154 valence electrons. The lowest BCUT2D eigenvalue weighted by Crippen LogP contribution is -2.28. The highest BCUT2D eigenvalue weighted by molar-refractivity contribution is 6.33. The Morgan fingerprint density at radius 2 is 1.77 bits per heavy atom. The van der Waals surface area contributed by atoms with Crippen molar-refractivity contribution in [3.05, 3.63) is 78.3 Å². The second kappa shape index (κ2) is 10.3. The summed E-state index contributed by atoms with van der Waals surface area (Å²) in [5, 5.41) is 8.68. The quantitative estimate of drug-likeness (QED) is 0.449. The number of nitrogens with one attached hydrogen (secondary N) is 3. The van der Waals surface area contributed by atoms with Crippen molar-refractivity contribution in [2.45, 2.75) is 12.8 Å². The number of amides is 3. The van der Waals surface area contributed by atoms with Gasteiger partial charge in [-0.3, -0.25) is 4.79 Å². The predicted molar refractivity (Wildman–Crippen MR) is 118 cm³/mol. The Kier molecular flexibility index (Phi) is 7.24. The van der Waals surface area contributed by atoms with E-state index in [2.05, 4.69) is 27.5 Å². The fraction of sp³-hybridized carbons (Fsp3) is 0.136. The average molecular weight is 425 g/mol. The smallest absolute Gasteiger partial charge is 0.319 e. The van der Waals surface area contributed by atoms with Gasteiger partial charge in [-0.25, -0.2) is 9.78 Å². The highest BCUT2D eigenvalue weighted by atomic mass is 35.5. The molecular weight excluding hydrogens is 404 g/mol. The van der Waals surface area contributed by atoms with Gasteiger partial charge in [-0.15, -0.1) is 6.58 Å².